The maximum atomic E-state index is 10.6. The molecule has 0 aliphatic carbocycles. The van der Waals surface area contributed by atoms with Gasteiger partial charge in [0.15, 0.2) is 0 Å². The maximum Gasteiger partial charge on any atom is 0.490 e. The zero-order chi connectivity index (χ0) is 16.4. The van der Waals surface area contributed by atoms with E-state index in [-0.39, 0.29) is 0 Å². The molecule has 1 aromatic carbocycles. The van der Waals surface area contributed by atoms with Crippen LogP contribution < -0.4 is 0 Å². The van der Waals surface area contributed by atoms with Crippen LogP contribution in [-0.2, 0) is 9.59 Å². The fourth-order valence-electron chi connectivity index (χ4n) is 0.385. The third-order valence-electron chi connectivity index (χ3n) is 1.15. The molecule has 0 unspecified atom stereocenters. The predicted octanol–water partition coefficient (Wildman–Crippen LogP) is 2.95. The molecule has 1 rings (SSSR count). The number of benzene rings is 1. The third-order valence-corrected chi connectivity index (χ3v) is 1.15. The van der Waals surface area contributed by atoms with Crippen LogP contribution in [0.4, 0.5) is 26.3 Å². The van der Waals surface area contributed by atoms with Gasteiger partial charge >= 0.3 is 24.3 Å². The molecule has 0 heterocycles. The van der Waals surface area contributed by atoms with E-state index in [2.05, 4.69) is 0 Å². The van der Waals surface area contributed by atoms with Crippen LogP contribution in [0.3, 0.4) is 0 Å². The Morgan fingerprint density at radius 2 is 0.700 bits per heavy atom. The summed E-state index contributed by atoms with van der Waals surface area (Å²) in [6, 6.07) is 12.0. The number of carboxylic acid groups (broad SMARTS) is 2. The normalized spacial score (nSPS) is 10.3. The van der Waals surface area contributed by atoms with Crippen LogP contribution in [0.15, 0.2) is 36.4 Å². The number of halogens is 6. The van der Waals surface area contributed by atoms with Gasteiger partial charge in [0.1, 0.15) is 0 Å². The molecule has 0 bridgehead atoms. The van der Waals surface area contributed by atoms with Gasteiger partial charge in [0.25, 0.3) is 0 Å². The Balaban J connectivity index is 0. The summed E-state index contributed by atoms with van der Waals surface area (Å²) in [6.07, 6.45) is -10.2. The van der Waals surface area contributed by atoms with Crippen molar-refractivity contribution in [2.45, 2.75) is 12.4 Å². The van der Waals surface area contributed by atoms with E-state index in [1.807, 2.05) is 36.4 Å². The van der Waals surface area contributed by atoms with E-state index in [4.69, 9.17) is 19.8 Å². The standard InChI is InChI=1S/C6H6.2C2HF3O2/c1-2-4-6-5-3-1;2*3-2(4,5)1(6)7/h1-6H;2*(H,6,7). The SMILES string of the molecule is O=C(O)C(F)(F)F.O=C(O)C(F)(F)F.c1ccccc1. The van der Waals surface area contributed by atoms with Gasteiger partial charge in [-0.1, -0.05) is 36.4 Å². The van der Waals surface area contributed by atoms with E-state index >= 15 is 0 Å². The van der Waals surface area contributed by atoms with Gasteiger partial charge in [0, 0.05) is 0 Å². The molecule has 0 atom stereocenters. The minimum atomic E-state index is -5.08. The summed E-state index contributed by atoms with van der Waals surface area (Å²) in [7, 11) is 0. The molecule has 0 aliphatic rings. The van der Waals surface area contributed by atoms with Crippen molar-refractivity contribution in [1.82, 2.24) is 0 Å². The molecule has 0 fully saturated rings. The van der Waals surface area contributed by atoms with Crippen molar-refractivity contribution in [3.63, 3.8) is 0 Å². The van der Waals surface area contributed by atoms with Crippen LogP contribution in [-0.4, -0.2) is 34.5 Å². The molecule has 0 aromatic heterocycles. The van der Waals surface area contributed by atoms with Crippen LogP contribution in [0.25, 0.3) is 0 Å². The highest BCUT2D eigenvalue weighted by molar-refractivity contribution is 5.73. The predicted molar refractivity (Wildman–Crippen MR) is 53.8 cm³/mol. The highest BCUT2D eigenvalue weighted by atomic mass is 19.4. The second kappa shape index (κ2) is 8.77. The lowest BCUT2D eigenvalue weighted by Crippen LogP contribution is -2.21. The quantitative estimate of drug-likeness (QED) is 0.723. The van der Waals surface area contributed by atoms with Crippen molar-refractivity contribution in [1.29, 1.82) is 0 Å². The van der Waals surface area contributed by atoms with Gasteiger partial charge in [-0.2, -0.15) is 26.3 Å². The summed E-state index contributed by atoms with van der Waals surface area (Å²) in [5, 5.41) is 14.2. The van der Waals surface area contributed by atoms with E-state index in [1.54, 1.807) is 0 Å². The van der Waals surface area contributed by atoms with E-state index in [0.29, 0.717) is 0 Å². The molecule has 10 heteroatoms. The minimum absolute atomic E-state index is 2.00. The summed E-state index contributed by atoms with van der Waals surface area (Å²) in [4.78, 5) is 17.8. The van der Waals surface area contributed by atoms with Gasteiger partial charge in [-0.25, -0.2) is 9.59 Å². The van der Waals surface area contributed by atoms with Crippen molar-refractivity contribution in [3.05, 3.63) is 36.4 Å². The molecule has 0 saturated heterocycles. The zero-order valence-corrected chi connectivity index (χ0v) is 9.44. The zero-order valence-electron chi connectivity index (χ0n) is 9.44. The smallest absolute Gasteiger partial charge is 0.475 e. The van der Waals surface area contributed by atoms with Gasteiger partial charge in [0.05, 0.1) is 0 Å². The molecule has 114 valence electrons. The molecular weight excluding hydrogens is 298 g/mol. The van der Waals surface area contributed by atoms with Crippen LogP contribution in [0.5, 0.6) is 0 Å². The molecule has 0 amide bonds. The Bertz CT molecular complexity index is 348. The van der Waals surface area contributed by atoms with Gasteiger partial charge in [-0.15, -0.1) is 0 Å². The summed E-state index contributed by atoms with van der Waals surface area (Å²) < 4.78 is 63.5. The molecule has 0 radical (unpaired) electrons. The summed E-state index contributed by atoms with van der Waals surface area (Å²) >= 11 is 0. The topological polar surface area (TPSA) is 74.6 Å². The Labute approximate surface area is 108 Å². The molecule has 0 aliphatic heterocycles. The van der Waals surface area contributed by atoms with Gasteiger partial charge < -0.3 is 10.2 Å². The van der Waals surface area contributed by atoms with Gasteiger partial charge in [-0.3, -0.25) is 0 Å². The number of rotatable bonds is 0. The Hall–Kier alpha value is -2.26. The Kier molecular flexibility index (Phi) is 8.80. The maximum absolute atomic E-state index is 10.6. The Morgan fingerprint density at radius 3 is 0.750 bits per heavy atom. The molecule has 0 spiro atoms. The van der Waals surface area contributed by atoms with E-state index < -0.39 is 24.3 Å². The average molecular weight is 306 g/mol. The lowest BCUT2D eigenvalue weighted by Gasteiger charge is -1.93. The number of carbonyl (C=O) groups is 2. The van der Waals surface area contributed by atoms with Crippen molar-refractivity contribution in [3.8, 4) is 0 Å². The van der Waals surface area contributed by atoms with Gasteiger partial charge in [0.2, 0.25) is 0 Å². The number of carboxylic acids is 2. The molecule has 0 saturated carbocycles. The fraction of sp³-hybridized carbons (Fsp3) is 0.200. The van der Waals surface area contributed by atoms with Gasteiger partial charge in [-0.05, 0) is 0 Å². The summed E-state index contributed by atoms with van der Waals surface area (Å²) in [5.41, 5.74) is 0. The molecular formula is C10H8F6O4. The van der Waals surface area contributed by atoms with E-state index in [9.17, 15) is 26.3 Å². The minimum Gasteiger partial charge on any atom is -0.475 e. The lowest BCUT2D eigenvalue weighted by atomic mass is 10.4. The molecule has 4 nitrogen and oxygen atoms in total. The van der Waals surface area contributed by atoms with E-state index in [1.165, 1.54) is 0 Å². The molecule has 2 N–H and O–H groups in total. The van der Waals surface area contributed by atoms with Crippen molar-refractivity contribution in [2.75, 3.05) is 0 Å². The molecule has 20 heavy (non-hydrogen) atoms. The highest BCUT2D eigenvalue weighted by Gasteiger charge is 2.38. The third kappa shape index (κ3) is 13.8. The van der Waals surface area contributed by atoms with Crippen LogP contribution >= 0.6 is 0 Å². The number of alkyl halides is 6. The monoisotopic (exact) mass is 306 g/mol. The van der Waals surface area contributed by atoms with Crippen molar-refractivity contribution < 1.29 is 46.1 Å². The molecule has 1 aromatic rings. The fourth-order valence-corrected chi connectivity index (χ4v) is 0.385. The van der Waals surface area contributed by atoms with Crippen LogP contribution in [0, 0.1) is 0 Å². The summed E-state index contributed by atoms with van der Waals surface area (Å²) in [5.74, 6) is -5.51. The van der Waals surface area contributed by atoms with Crippen LogP contribution in [0.1, 0.15) is 0 Å². The first kappa shape index (κ1) is 20.1. The summed E-state index contributed by atoms with van der Waals surface area (Å²) in [6.45, 7) is 0. The first-order valence-corrected chi connectivity index (χ1v) is 4.49. The van der Waals surface area contributed by atoms with Crippen molar-refractivity contribution >= 4 is 11.9 Å². The average Bonchev–Trinajstić information content (AvgIpc) is 2.30. The van der Waals surface area contributed by atoms with Crippen molar-refractivity contribution in [2.24, 2.45) is 0 Å². The number of aliphatic carboxylic acids is 2. The number of hydrogen-bond acceptors (Lipinski definition) is 2. The second-order valence-corrected chi connectivity index (χ2v) is 2.76. The van der Waals surface area contributed by atoms with Crippen LogP contribution in [0.2, 0.25) is 0 Å². The Morgan fingerprint density at radius 1 is 0.600 bits per heavy atom. The largest absolute Gasteiger partial charge is 0.490 e. The lowest BCUT2D eigenvalue weighted by molar-refractivity contribution is -0.193. The first-order valence-electron chi connectivity index (χ1n) is 4.49. The first-order chi connectivity index (χ1) is 8.89. The number of hydrogen-bond donors (Lipinski definition) is 2. The van der Waals surface area contributed by atoms with E-state index in [0.717, 1.165) is 0 Å². The second-order valence-electron chi connectivity index (χ2n) is 2.76. The highest BCUT2D eigenvalue weighted by Crippen LogP contribution is 2.13.